The number of hydrogen-bond donors (Lipinski definition) is 2. The molecule has 5 nitrogen and oxygen atoms in total. The quantitative estimate of drug-likeness (QED) is 0.784. The van der Waals surface area contributed by atoms with Crippen molar-refractivity contribution >= 4 is 11.8 Å². The van der Waals surface area contributed by atoms with Gasteiger partial charge in [0, 0.05) is 12.5 Å². The molecule has 2 N–H and O–H groups in total. The van der Waals surface area contributed by atoms with E-state index in [9.17, 15) is 4.79 Å². The number of nitriles is 1. The van der Waals surface area contributed by atoms with Crippen molar-refractivity contribution in [1.82, 2.24) is 4.98 Å². The maximum absolute atomic E-state index is 10.4. The molecule has 0 radical (unpaired) electrons. The van der Waals surface area contributed by atoms with Crippen molar-refractivity contribution in [3.05, 3.63) is 23.9 Å². The van der Waals surface area contributed by atoms with Crippen molar-refractivity contribution in [2.75, 3.05) is 5.32 Å². The molecule has 0 saturated heterocycles. The lowest BCUT2D eigenvalue weighted by Crippen LogP contribution is -2.16. The van der Waals surface area contributed by atoms with Crippen LogP contribution >= 0.6 is 0 Å². The second-order valence-corrected chi connectivity index (χ2v) is 3.85. The third-order valence-electron chi connectivity index (χ3n) is 2.29. The Morgan fingerprint density at radius 3 is 3.06 bits per heavy atom. The lowest BCUT2D eigenvalue weighted by atomic mass is 10.1. The molecule has 1 aromatic heterocycles. The van der Waals surface area contributed by atoms with Crippen molar-refractivity contribution in [1.29, 1.82) is 5.26 Å². The largest absolute Gasteiger partial charge is 0.481 e. The molecule has 0 saturated carbocycles. The summed E-state index contributed by atoms with van der Waals surface area (Å²) in [6, 6.07) is 7.29. The molecule has 0 amide bonds. The summed E-state index contributed by atoms with van der Waals surface area (Å²) < 4.78 is 0. The van der Waals surface area contributed by atoms with Gasteiger partial charge in [-0.2, -0.15) is 5.26 Å². The van der Waals surface area contributed by atoms with Crippen molar-refractivity contribution < 1.29 is 9.90 Å². The summed E-state index contributed by atoms with van der Waals surface area (Å²) >= 11 is 0. The second kappa shape index (κ2) is 6.48. The first-order valence-corrected chi connectivity index (χ1v) is 5.47. The predicted octanol–water partition coefficient (Wildman–Crippen LogP) is 2.01. The van der Waals surface area contributed by atoms with E-state index in [0.29, 0.717) is 17.9 Å². The Morgan fingerprint density at radius 2 is 2.41 bits per heavy atom. The fraction of sp³-hybridized carbons (Fsp3) is 0.417. The first kappa shape index (κ1) is 13.0. The van der Waals surface area contributed by atoms with Crippen molar-refractivity contribution in [3.63, 3.8) is 0 Å². The van der Waals surface area contributed by atoms with Gasteiger partial charge in [-0.05, 0) is 31.9 Å². The van der Waals surface area contributed by atoms with Crippen LogP contribution in [0.25, 0.3) is 0 Å². The molecule has 1 atom stereocenters. The van der Waals surface area contributed by atoms with E-state index < -0.39 is 5.97 Å². The van der Waals surface area contributed by atoms with Crippen LogP contribution in [0.4, 0.5) is 5.82 Å². The number of hydrogen-bond acceptors (Lipinski definition) is 4. The van der Waals surface area contributed by atoms with E-state index in [4.69, 9.17) is 10.4 Å². The van der Waals surface area contributed by atoms with Crippen LogP contribution in [0.5, 0.6) is 0 Å². The van der Waals surface area contributed by atoms with Gasteiger partial charge in [-0.25, -0.2) is 4.98 Å². The number of aliphatic carboxylic acids is 1. The molecule has 5 heteroatoms. The molecule has 0 spiro atoms. The summed E-state index contributed by atoms with van der Waals surface area (Å²) in [4.78, 5) is 14.4. The van der Waals surface area contributed by atoms with Crippen LogP contribution in [0.2, 0.25) is 0 Å². The molecule has 1 aromatic rings. The van der Waals surface area contributed by atoms with Gasteiger partial charge < -0.3 is 10.4 Å². The second-order valence-electron chi connectivity index (χ2n) is 3.85. The van der Waals surface area contributed by atoms with Crippen LogP contribution in [0, 0.1) is 11.3 Å². The number of rotatable bonds is 6. The molecule has 0 bridgehead atoms. The van der Waals surface area contributed by atoms with E-state index in [-0.39, 0.29) is 12.5 Å². The van der Waals surface area contributed by atoms with Crippen molar-refractivity contribution in [2.45, 2.75) is 32.2 Å². The van der Waals surface area contributed by atoms with E-state index in [0.717, 1.165) is 6.42 Å². The van der Waals surface area contributed by atoms with Gasteiger partial charge in [-0.15, -0.1) is 0 Å². The van der Waals surface area contributed by atoms with E-state index >= 15 is 0 Å². The van der Waals surface area contributed by atoms with Crippen molar-refractivity contribution in [2.24, 2.45) is 0 Å². The fourth-order valence-corrected chi connectivity index (χ4v) is 1.46. The average molecular weight is 233 g/mol. The van der Waals surface area contributed by atoms with E-state index in [2.05, 4.69) is 10.3 Å². The zero-order valence-corrected chi connectivity index (χ0v) is 9.68. The highest BCUT2D eigenvalue weighted by molar-refractivity contribution is 5.66. The number of carboxylic acid groups (broad SMARTS) is 1. The summed E-state index contributed by atoms with van der Waals surface area (Å²) in [5, 5.41) is 20.3. The number of carbonyl (C=O) groups is 1. The van der Waals surface area contributed by atoms with Crippen LogP contribution in [-0.2, 0) is 4.79 Å². The van der Waals surface area contributed by atoms with Gasteiger partial charge in [0.2, 0.25) is 0 Å². The fourth-order valence-electron chi connectivity index (χ4n) is 1.46. The Morgan fingerprint density at radius 1 is 1.65 bits per heavy atom. The monoisotopic (exact) mass is 233 g/mol. The summed E-state index contributed by atoms with van der Waals surface area (Å²) in [5.41, 5.74) is 0.368. The Labute approximate surface area is 100 Å². The van der Waals surface area contributed by atoms with Crippen LogP contribution < -0.4 is 5.32 Å². The summed E-state index contributed by atoms with van der Waals surface area (Å²) in [5.74, 6) is -0.131. The maximum atomic E-state index is 10.4. The topological polar surface area (TPSA) is 86.0 Å². The molecule has 1 rings (SSSR count). The Bertz CT molecular complexity index is 426. The zero-order valence-electron chi connectivity index (χ0n) is 9.68. The number of nitrogens with zero attached hydrogens (tertiary/aromatic N) is 2. The van der Waals surface area contributed by atoms with Gasteiger partial charge >= 0.3 is 5.97 Å². The Hall–Kier alpha value is -2.09. The number of carboxylic acids is 1. The smallest absolute Gasteiger partial charge is 0.303 e. The van der Waals surface area contributed by atoms with Gasteiger partial charge in [0.05, 0.1) is 0 Å². The Kier molecular flexibility index (Phi) is 4.95. The molecule has 0 aliphatic carbocycles. The van der Waals surface area contributed by atoms with Gasteiger partial charge in [0.25, 0.3) is 0 Å². The van der Waals surface area contributed by atoms with Gasteiger partial charge in [0.1, 0.15) is 17.6 Å². The van der Waals surface area contributed by atoms with Crippen LogP contribution in [-0.4, -0.2) is 22.1 Å². The van der Waals surface area contributed by atoms with Crippen LogP contribution in [0.15, 0.2) is 18.2 Å². The summed E-state index contributed by atoms with van der Waals surface area (Å²) in [6.45, 7) is 1.96. The molecule has 0 fully saturated rings. The molecule has 1 unspecified atom stereocenters. The summed E-state index contributed by atoms with van der Waals surface area (Å²) in [7, 11) is 0. The number of anilines is 1. The van der Waals surface area contributed by atoms with E-state index in [1.807, 2.05) is 13.0 Å². The van der Waals surface area contributed by atoms with E-state index in [1.165, 1.54) is 0 Å². The molecule has 17 heavy (non-hydrogen) atoms. The maximum Gasteiger partial charge on any atom is 0.303 e. The Balaban J connectivity index is 2.42. The molecular weight excluding hydrogens is 218 g/mol. The number of pyridine rings is 1. The SMILES string of the molecule is CC(CCCC(=O)O)Nc1cccc(C#N)n1. The zero-order chi connectivity index (χ0) is 12.7. The normalized spacial score (nSPS) is 11.5. The lowest BCUT2D eigenvalue weighted by Gasteiger charge is -2.13. The average Bonchev–Trinajstić information content (AvgIpc) is 2.28. The minimum atomic E-state index is -0.776. The first-order valence-electron chi connectivity index (χ1n) is 5.47. The van der Waals surface area contributed by atoms with Gasteiger partial charge in [-0.3, -0.25) is 4.79 Å². The van der Waals surface area contributed by atoms with Gasteiger partial charge in [-0.1, -0.05) is 6.07 Å². The molecule has 0 aromatic carbocycles. The minimum Gasteiger partial charge on any atom is -0.481 e. The molecule has 0 aliphatic rings. The third kappa shape index (κ3) is 4.98. The third-order valence-corrected chi connectivity index (χ3v) is 2.29. The predicted molar refractivity (Wildman–Crippen MR) is 63.5 cm³/mol. The molecule has 1 heterocycles. The molecule has 90 valence electrons. The van der Waals surface area contributed by atoms with Crippen molar-refractivity contribution in [3.8, 4) is 6.07 Å². The molecular formula is C12H15N3O2. The highest BCUT2D eigenvalue weighted by Crippen LogP contribution is 2.09. The lowest BCUT2D eigenvalue weighted by molar-refractivity contribution is -0.137. The standard InChI is InChI=1S/C12H15N3O2/c1-9(4-2-7-12(16)17)14-11-6-3-5-10(8-13)15-11/h3,5-6,9H,2,4,7H2,1H3,(H,14,15)(H,16,17). The molecule has 0 aliphatic heterocycles. The first-order chi connectivity index (χ1) is 8.11. The highest BCUT2D eigenvalue weighted by Gasteiger charge is 2.05. The number of aromatic nitrogens is 1. The summed E-state index contributed by atoms with van der Waals surface area (Å²) in [6.07, 6.45) is 1.56. The highest BCUT2D eigenvalue weighted by atomic mass is 16.4. The minimum absolute atomic E-state index is 0.135. The van der Waals surface area contributed by atoms with Gasteiger partial charge in [0.15, 0.2) is 0 Å². The van der Waals surface area contributed by atoms with Crippen LogP contribution in [0.3, 0.4) is 0 Å². The van der Waals surface area contributed by atoms with E-state index in [1.54, 1.807) is 18.2 Å². The number of nitrogens with one attached hydrogen (secondary N) is 1. The van der Waals surface area contributed by atoms with Crippen LogP contribution in [0.1, 0.15) is 31.9 Å².